The van der Waals surface area contributed by atoms with Crippen LogP contribution < -0.4 is 11.1 Å². The summed E-state index contributed by atoms with van der Waals surface area (Å²) in [6, 6.07) is 0.284. The Kier molecular flexibility index (Phi) is 3.96. The van der Waals surface area contributed by atoms with Gasteiger partial charge < -0.3 is 11.1 Å². The lowest BCUT2D eigenvalue weighted by Gasteiger charge is -2.32. The molecular formula is C11H18N4OS. The molecule has 1 aromatic rings. The molecule has 1 unspecified atom stereocenters. The van der Waals surface area contributed by atoms with Gasteiger partial charge in [0.05, 0.1) is 0 Å². The number of hydrogen-bond acceptors (Lipinski definition) is 5. The van der Waals surface area contributed by atoms with Gasteiger partial charge in [-0.15, -0.1) is 11.3 Å². The van der Waals surface area contributed by atoms with Crippen molar-refractivity contribution in [1.29, 1.82) is 0 Å². The molecule has 1 aromatic heterocycles. The van der Waals surface area contributed by atoms with Gasteiger partial charge in [-0.25, -0.2) is 4.98 Å². The largest absolute Gasteiger partial charge is 0.375 e. The van der Waals surface area contributed by atoms with Gasteiger partial charge in [0.1, 0.15) is 0 Å². The molecule has 1 amide bonds. The van der Waals surface area contributed by atoms with Crippen LogP contribution in [0.2, 0.25) is 0 Å². The topological polar surface area (TPSA) is 71.2 Å². The zero-order chi connectivity index (χ0) is 12.3. The highest BCUT2D eigenvalue weighted by Crippen LogP contribution is 2.19. The van der Waals surface area contributed by atoms with Gasteiger partial charge >= 0.3 is 0 Å². The molecule has 1 atom stereocenters. The van der Waals surface area contributed by atoms with Crippen LogP contribution in [0.25, 0.3) is 0 Å². The van der Waals surface area contributed by atoms with E-state index < -0.39 is 0 Å². The fourth-order valence-corrected chi connectivity index (χ4v) is 2.95. The fourth-order valence-electron chi connectivity index (χ4n) is 2.22. The van der Waals surface area contributed by atoms with Gasteiger partial charge in [-0.1, -0.05) is 0 Å². The molecule has 0 saturated carbocycles. The minimum absolute atomic E-state index is 0.0545. The van der Waals surface area contributed by atoms with E-state index in [-0.39, 0.29) is 11.9 Å². The van der Waals surface area contributed by atoms with Gasteiger partial charge in [0, 0.05) is 37.1 Å². The molecule has 1 aliphatic rings. The van der Waals surface area contributed by atoms with Crippen LogP contribution in [0.3, 0.4) is 0 Å². The van der Waals surface area contributed by atoms with Crippen LogP contribution in [0, 0.1) is 0 Å². The van der Waals surface area contributed by atoms with Crippen LogP contribution in [0.1, 0.15) is 24.6 Å². The first-order valence-electron chi connectivity index (χ1n) is 5.83. The minimum Gasteiger partial charge on any atom is -0.375 e. The summed E-state index contributed by atoms with van der Waals surface area (Å²) in [5, 5.41) is 3.61. The molecule has 1 fully saturated rings. The van der Waals surface area contributed by atoms with Gasteiger partial charge in [-0.3, -0.25) is 9.69 Å². The van der Waals surface area contributed by atoms with Gasteiger partial charge in [0.2, 0.25) is 5.91 Å². The second kappa shape index (κ2) is 5.46. The predicted octanol–water partition coefficient (Wildman–Crippen LogP) is 0.826. The molecule has 0 spiro atoms. The van der Waals surface area contributed by atoms with Crippen molar-refractivity contribution < 1.29 is 4.79 Å². The molecule has 6 heteroatoms. The van der Waals surface area contributed by atoms with E-state index in [4.69, 9.17) is 5.73 Å². The quantitative estimate of drug-likeness (QED) is 0.838. The first kappa shape index (κ1) is 12.3. The molecule has 0 aromatic carbocycles. The maximum Gasteiger partial charge on any atom is 0.217 e. The van der Waals surface area contributed by atoms with E-state index in [0.717, 1.165) is 32.5 Å². The maximum absolute atomic E-state index is 11.0. The SMILES string of the molecule is CC(=O)NC1CCCN(Cc2cnc(N)s2)C1. The Balaban J connectivity index is 1.87. The fraction of sp³-hybridized carbons (Fsp3) is 0.636. The molecule has 5 nitrogen and oxygen atoms in total. The van der Waals surface area contributed by atoms with Crippen molar-refractivity contribution in [2.24, 2.45) is 0 Å². The van der Waals surface area contributed by atoms with Gasteiger partial charge in [-0.2, -0.15) is 0 Å². The van der Waals surface area contributed by atoms with E-state index in [9.17, 15) is 4.79 Å². The Morgan fingerprint density at radius 1 is 1.76 bits per heavy atom. The number of nitrogens with one attached hydrogen (secondary N) is 1. The van der Waals surface area contributed by atoms with Crippen LogP contribution in [0.15, 0.2) is 6.20 Å². The summed E-state index contributed by atoms with van der Waals surface area (Å²) in [5.74, 6) is 0.0545. The zero-order valence-electron chi connectivity index (χ0n) is 9.98. The van der Waals surface area contributed by atoms with Crippen molar-refractivity contribution in [3.05, 3.63) is 11.1 Å². The molecule has 94 valence electrons. The number of anilines is 1. The monoisotopic (exact) mass is 254 g/mol. The number of carbonyl (C=O) groups excluding carboxylic acids is 1. The van der Waals surface area contributed by atoms with Crippen molar-refractivity contribution in [2.45, 2.75) is 32.4 Å². The number of nitrogens with two attached hydrogens (primary N) is 1. The molecule has 2 rings (SSSR count). The summed E-state index contributed by atoms with van der Waals surface area (Å²) in [4.78, 5) is 18.6. The molecule has 17 heavy (non-hydrogen) atoms. The summed E-state index contributed by atoms with van der Waals surface area (Å²) < 4.78 is 0. The van der Waals surface area contributed by atoms with E-state index in [1.54, 1.807) is 6.92 Å². The van der Waals surface area contributed by atoms with Gasteiger partial charge in [-0.05, 0) is 19.4 Å². The number of nitrogen functional groups attached to an aromatic ring is 1. The number of hydrogen-bond donors (Lipinski definition) is 2. The van der Waals surface area contributed by atoms with Crippen molar-refractivity contribution in [3.8, 4) is 0 Å². The van der Waals surface area contributed by atoms with Crippen molar-refractivity contribution in [2.75, 3.05) is 18.8 Å². The van der Waals surface area contributed by atoms with E-state index in [0.29, 0.717) is 5.13 Å². The van der Waals surface area contributed by atoms with Crippen LogP contribution in [-0.4, -0.2) is 34.9 Å². The molecule has 0 aliphatic carbocycles. The molecule has 1 saturated heterocycles. The first-order chi connectivity index (χ1) is 8.13. The number of likely N-dealkylation sites (tertiary alicyclic amines) is 1. The minimum atomic E-state index is 0.0545. The third kappa shape index (κ3) is 3.67. The molecular weight excluding hydrogens is 236 g/mol. The average molecular weight is 254 g/mol. The van der Waals surface area contributed by atoms with E-state index >= 15 is 0 Å². The second-order valence-electron chi connectivity index (χ2n) is 4.44. The third-order valence-corrected chi connectivity index (χ3v) is 3.68. The Labute approximate surface area is 105 Å². The highest BCUT2D eigenvalue weighted by atomic mass is 32.1. The van der Waals surface area contributed by atoms with Gasteiger partial charge in [0.25, 0.3) is 0 Å². The van der Waals surface area contributed by atoms with Crippen molar-refractivity contribution in [3.63, 3.8) is 0 Å². The molecule has 0 radical (unpaired) electrons. The summed E-state index contributed by atoms with van der Waals surface area (Å²) in [6.45, 7) is 4.44. The highest BCUT2D eigenvalue weighted by molar-refractivity contribution is 7.15. The average Bonchev–Trinajstić information content (AvgIpc) is 2.63. The van der Waals surface area contributed by atoms with Crippen LogP contribution in [0.5, 0.6) is 0 Å². The van der Waals surface area contributed by atoms with Gasteiger partial charge in [0.15, 0.2) is 5.13 Å². The number of carbonyl (C=O) groups is 1. The number of nitrogens with zero attached hydrogens (tertiary/aromatic N) is 2. The smallest absolute Gasteiger partial charge is 0.217 e. The van der Waals surface area contributed by atoms with E-state index in [2.05, 4.69) is 15.2 Å². The molecule has 0 bridgehead atoms. The van der Waals surface area contributed by atoms with Crippen molar-refractivity contribution >= 4 is 22.4 Å². The Morgan fingerprint density at radius 2 is 2.59 bits per heavy atom. The summed E-state index contributed by atoms with van der Waals surface area (Å²) >= 11 is 1.53. The standard InChI is InChI=1S/C11H18N4OS/c1-8(16)14-9-3-2-4-15(6-9)7-10-5-13-11(12)17-10/h5,9H,2-4,6-7H2,1H3,(H2,12,13)(H,14,16). The Morgan fingerprint density at radius 3 is 3.24 bits per heavy atom. The number of amides is 1. The van der Waals surface area contributed by atoms with E-state index in [1.807, 2.05) is 6.20 Å². The molecule has 1 aliphatic heterocycles. The highest BCUT2D eigenvalue weighted by Gasteiger charge is 2.20. The lowest BCUT2D eigenvalue weighted by atomic mass is 10.1. The normalized spacial score (nSPS) is 21.4. The van der Waals surface area contributed by atoms with Crippen LogP contribution >= 0.6 is 11.3 Å². The Bertz CT molecular complexity index is 393. The van der Waals surface area contributed by atoms with Crippen LogP contribution in [-0.2, 0) is 11.3 Å². The summed E-state index contributed by atoms with van der Waals surface area (Å²) in [5.41, 5.74) is 5.61. The molecule has 3 N–H and O–H groups in total. The predicted molar refractivity (Wildman–Crippen MR) is 68.6 cm³/mol. The molecule has 2 heterocycles. The van der Waals surface area contributed by atoms with Crippen molar-refractivity contribution in [1.82, 2.24) is 15.2 Å². The maximum atomic E-state index is 11.0. The summed E-state index contributed by atoms with van der Waals surface area (Å²) in [6.07, 6.45) is 4.03. The summed E-state index contributed by atoms with van der Waals surface area (Å²) in [7, 11) is 0. The lowest BCUT2D eigenvalue weighted by Crippen LogP contribution is -2.46. The number of rotatable bonds is 3. The Hall–Kier alpha value is -1.14. The second-order valence-corrected chi connectivity index (χ2v) is 5.59. The number of aromatic nitrogens is 1. The number of thiazole rings is 1. The first-order valence-corrected chi connectivity index (χ1v) is 6.65. The van der Waals surface area contributed by atoms with E-state index in [1.165, 1.54) is 16.2 Å². The lowest BCUT2D eigenvalue weighted by molar-refractivity contribution is -0.120. The third-order valence-electron chi connectivity index (χ3n) is 2.86. The van der Waals surface area contributed by atoms with Crippen LogP contribution in [0.4, 0.5) is 5.13 Å². The zero-order valence-corrected chi connectivity index (χ0v) is 10.8. The number of piperidine rings is 1.